The van der Waals surface area contributed by atoms with Crippen molar-refractivity contribution in [1.29, 1.82) is 0 Å². The lowest BCUT2D eigenvalue weighted by Gasteiger charge is -2.35. The maximum Gasteiger partial charge on any atom is 0.253 e. The second kappa shape index (κ2) is 51.2. The number of piperidine rings is 6. The SMILES string of the molecule is C=CCN(C(=O)Cc1ccc(F)cc1)C1CCNCC1.C=CCN(C(=O)Cc1ccccc1)C1CCNCC1.CCCN(C(=O)Cc1ccc(F)cc1)C1CCNCC1.CCCN(C(=O)Cc1ccccc1)C1CCNCC1.CCN(C(=O)Cc1ccccc1)C1CCNCC1.CN(C(=O)c1ccccc1)C1C[C@H]2CC[C@@H](C1)N2. The molecule has 6 aromatic rings. The Hall–Kier alpha value is -8.76. The Labute approximate surface area is 680 Å². The van der Waals surface area contributed by atoms with Gasteiger partial charge in [0, 0.05) is 93.7 Å². The van der Waals surface area contributed by atoms with E-state index >= 15 is 0 Å². The van der Waals surface area contributed by atoms with Crippen molar-refractivity contribution in [3.05, 3.63) is 240 Å². The number of benzene rings is 6. The quantitative estimate of drug-likeness (QED) is 0.0282. The van der Waals surface area contributed by atoms with E-state index < -0.39 is 0 Å². The maximum atomic E-state index is 12.9. The van der Waals surface area contributed by atoms with Gasteiger partial charge in [-0.1, -0.05) is 159 Å². The number of hydrogen-bond donors (Lipinski definition) is 6. The number of amides is 6. The van der Waals surface area contributed by atoms with Gasteiger partial charge < -0.3 is 61.3 Å². The molecule has 7 saturated heterocycles. The average Bonchev–Trinajstić information content (AvgIpc) is 1.67. The van der Waals surface area contributed by atoms with Crippen molar-refractivity contribution in [1.82, 2.24) is 61.3 Å². The highest BCUT2D eigenvalue weighted by atomic mass is 19.1. The van der Waals surface area contributed by atoms with Crippen LogP contribution in [0.3, 0.4) is 0 Å². The summed E-state index contributed by atoms with van der Waals surface area (Å²) in [5.41, 5.74) is 5.82. The number of fused-ring (bicyclic) bond motifs is 2. The highest BCUT2D eigenvalue weighted by Gasteiger charge is 2.37. The Morgan fingerprint density at radius 3 is 0.904 bits per heavy atom. The van der Waals surface area contributed by atoms with E-state index in [9.17, 15) is 37.5 Å². The first-order valence-corrected chi connectivity index (χ1v) is 42.5. The zero-order chi connectivity index (χ0) is 81.1. The van der Waals surface area contributed by atoms with Gasteiger partial charge in [0.05, 0.1) is 32.1 Å². The minimum absolute atomic E-state index is 0.0865. The number of carbonyl (C=O) groups excluding carboxylic acids is 6. The lowest BCUT2D eigenvalue weighted by atomic mass is 9.98. The summed E-state index contributed by atoms with van der Waals surface area (Å²) in [7, 11) is 1.95. The molecule has 1 unspecified atom stereocenters. The predicted octanol–water partition coefficient (Wildman–Crippen LogP) is 12.6. The summed E-state index contributed by atoms with van der Waals surface area (Å²) in [5.74, 6) is 0.608. The van der Waals surface area contributed by atoms with Crippen LogP contribution in [-0.2, 0) is 56.1 Å². The van der Waals surface area contributed by atoms with E-state index in [1.54, 1.807) is 30.3 Å². The third-order valence-corrected chi connectivity index (χ3v) is 22.7. The highest BCUT2D eigenvalue weighted by Crippen LogP contribution is 2.30. The molecule has 0 aromatic heterocycles. The largest absolute Gasteiger partial charge is 0.340 e. The van der Waals surface area contributed by atoms with Gasteiger partial charge in [0.25, 0.3) is 5.91 Å². The van der Waals surface area contributed by atoms with E-state index in [4.69, 9.17) is 0 Å². The molecule has 114 heavy (non-hydrogen) atoms. The van der Waals surface area contributed by atoms with Crippen molar-refractivity contribution < 1.29 is 37.5 Å². The number of likely N-dealkylation sites (N-methyl/N-ethyl adjacent to an activating group) is 1. The summed E-state index contributed by atoms with van der Waals surface area (Å²) in [6.07, 6.45) is 23.0. The van der Waals surface area contributed by atoms with Gasteiger partial charge in [0.1, 0.15) is 11.6 Å². The molecule has 7 heterocycles. The molecule has 6 N–H and O–H groups in total. The van der Waals surface area contributed by atoms with Crippen molar-refractivity contribution in [3.63, 3.8) is 0 Å². The van der Waals surface area contributed by atoms with Crippen LogP contribution < -0.4 is 31.9 Å². The van der Waals surface area contributed by atoms with Gasteiger partial charge in [-0.2, -0.15) is 0 Å². The summed E-state index contributed by atoms with van der Waals surface area (Å²) in [6, 6.07) is 55.4. The van der Waals surface area contributed by atoms with Gasteiger partial charge in [-0.3, -0.25) is 28.8 Å². The maximum absolute atomic E-state index is 12.9. The lowest BCUT2D eigenvalue weighted by molar-refractivity contribution is -0.134. The predicted molar refractivity (Wildman–Crippen MR) is 457 cm³/mol. The van der Waals surface area contributed by atoms with Crippen LogP contribution in [0.1, 0.15) is 162 Å². The standard InChI is InChI=1S/C16H23FN2O.C16H21FN2O.C16H24N2O.C16H22N2O.C15H20N2O.C15H22N2O/c2*1-2-11-19(15-7-9-18-10-8-15)16(20)12-13-3-5-14(17)6-4-13;2*1-2-12-18(15-8-10-17-11-9-15)16(19)13-14-6-4-3-5-7-14;1-17(15(18)11-5-3-2-4-6-11)14-9-12-7-8-13(10-14)16-12;1-2-17(14-8-10-16-11-9-14)15(18)12-13-6-4-3-5-7-13/h3-6,15,18H,2,7-12H2,1H3;2-6,15,18H,1,7-12H2;3-7,15,17H,2,8-13H2,1H3;2-7,15,17H,1,8-13H2;2-6,12-14,16H,7-10H2,1H3;3-7,14,16H,2,8-12H2,1H3/t;;;;12-,13+,14?;. The normalized spacial score (nSPS) is 18.4. The molecule has 3 atom stereocenters. The Kier molecular flexibility index (Phi) is 40.8. The van der Waals surface area contributed by atoms with E-state index in [1.165, 1.54) is 37.1 Å². The molecule has 18 nitrogen and oxygen atoms in total. The average molecular weight is 1560 g/mol. The van der Waals surface area contributed by atoms with Crippen LogP contribution in [0.2, 0.25) is 0 Å². The van der Waals surface area contributed by atoms with Crippen molar-refractivity contribution in [3.8, 4) is 0 Å². The minimum atomic E-state index is -0.275. The molecular formula is C94H132F2N12O6. The Bertz CT molecular complexity index is 3730. The van der Waals surface area contributed by atoms with Crippen LogP contribution in [-0.4, -0.2) is 218 Å². The van der Waals surface area contributed by atoms with Crippen molar-refractivity contribution in [2.24, 2.45) is 0 Å². The van der Waals surface area contributed by atoms with Crippen LogP contribution in [0.4, 0.5) is 8.78 Å². The first-order valence-electron chi connectivity index (χ1n) is 42.5. The zero-order valence-electron chi connectivity index (χ0n) is 68.7. The number of nitrogens with zero attached hydrogens (tertiary/aromatic N) is 6. The van der Waals surface area contributed by atoms with Crippen molar-refractivity contribution >= 4 is 35.4 Å². The summed E-state index contributed by atoms with van der Waals surface area (Å²) in [6.45, 7) is 27.5. The number of halogens is 2. The van der Waals surface area contributed by atoms with E-state index in [2.05, 4.69) is 70.7 Å². The summed E-state index contributed by atoms with van der Waals surface area (Å²) >= 11 is 0. The van der Waals surface area contributed by atoms with E-state index in [1.807, 2.05) is 159 Å². The fraction of sp³-hybridized carbons (Fsp3) is 0.511. The summed E-state index contributed by atoms with van der Waals surface area (Å²) in [5, 5.41) is 20.3. The zero-order valence-corrected chi connectivity index (χ0v) is 68.7. The molecule has 0 radical (unpaired) electrons. The van der Waals surface area contributed by atoms with E-state index in [0.717, 1.165) is 208 Å². The van der Waals surface area contributed by atoms with Crippen LogP contribution in [0.5, 0.6) is 0 Å². The Balaban J connectivity index is 0.000000171. The molecule has 0 spiro atoms. The van der Waals surface area contributed by atoms with Gasteiger partial charge in [0.15, 0.2) is 0 Å². The van der Waals surface area contributed by atoms with Gasteiger partial charge in [0.2, 0.25) is 29.5 Å². The molecule has 7 aliphatic rings. The van der Waals surface area contributed by atoms with Gasteiger partial charge >= 0.3 is 0 Å². The number of rotatable bonds is 26. The van der Waals surface area contributed by atoms with Crippen molar-refractivity contribution in [2.45, 2.75) is 204 Å². The summed E-state index contributed by atoms with van der Waals surface area (Å²) in [4.78, 5) is 86.7. The van der Waals surface area contributed by atoms with Crippen LogP contribution in [0, 0.1) is 11.6 Å². The van der Waals surface area contributed by atoms with Gasteiger partial charge in [-0.15, -0.1) is 13.2 Å². The molecule has 6 aromatic carbocycles. The molecule has 2 bridgehead atoms. The highest BCUT2D eigenvalue weighted by molar-refractivity contribution is 5.94. The van der Waals surface area contributed by atoms with Crippen LogP contribution in [0.25, 0.3) is 0 Å². The fourth-order valence-corrected chi connectivity index (χ4v) is 16.6. The number of hydrogen-bond acceptors (Lipinski definition) is 12. The van der Waals surface area contributed by atoms with E-state index in [-0.39, 0.29) is 53.1 Å². The molecule has 0 aliphatic carbocycles. The number of nitrogens with one attached hydrogen (secondary N) is 6. The smallest absolute Gasteiger partial charge is 0.253 e. The topological polar surface area (TPSA) is 194 Å². The van der Waals surface area contributed by atoms with E-state index in [0.29, 0.717) is 87.5 Å². The third kappa shape index (κ3) is 31.1. The van der Waals surface area contributed by atoms with Gasteiger partial charge in [-0.25, -0.2) is 8.78 Å². The van der Waals surface area contributed by atoms with Crippen molar-refractivity contribution in [2.75, 3.05) is 105 Å². The molecule has 618 valence electrons. The molecule has 7 aliphatic heterocycles. The molecule has 13 rings (SSSR count). The Morgan fingerprint density at radius 2 is 0.614 bits per heavy atom. The molecule has 0 saturated carbocycles. The molecule has 20 heteroatoms. The minimum Gasteiger partial charge on any atom is -0.340 e. The molecule has 7 fully saturated rings. The molecular weight excluding hydrogens is 1430 g/mol. The monoisotopic (exact) mass is 1560 g/mol. The lowest BCUT2D eigenvalue weighted by Crippen LogP contribution is -2.48. The summed E-state index contributed by atoms with van der Waals surface area (Å²) < 4.78 is 25.8. The molecule has 6 amide bonds. The second-order valence-corrected chi connectivity index (χ2v) is 31.1. The fourth-order valence-electron chi connectivity index (χ4n) is 16.6. The third-order valence-electron chi connectivity index (χ3n) is 22.7. The second-order valence-electron chi connectivity index (χ2n) is 31.1. The van der Waals surface area contributed by atoms with Crippen LogP contribution in [0.15, 0.2) is 195 Å². The number of carbonyl (C=O) groups is 6. The Morgan fingerprint density at radius 1 is 0.351 bits per heavy atom. The first kappa shape index (κ1) is 90.8. The first-order chi connectivity index (χ1) is 55.6. The van der Waals surface area contributed by atoms with Crippen LogP contribution >= 0.6 is 0 Å². The van der Waals surface area contributed by atoms with Gasteiger partial charge in [-0.05, 0) is 239 Å².